The van der Waals surface area contributed by atoms with Gasteiger partial charge < -0.3 is 14.6 Å². The second-order valence-electron chi connectivity index (χ2n) is 6.37. The quantitative estimate of drug-likeness (QED) is 0.720. The first-order valence-corrected chi connectivity index (χ1v) is 8.78. The van der Waals surface area contributed by atoms with Gasteiger partial charge in [0.2, 0.25) is 0 Å². The number of ether oxygens (including phenoxy) is 2. The summed E-state index contributed by atoms with van der Waals surface area (Å²) in [4.78, 5) is 23.4. The monoisotopic (exact) mass is 382 g/mol. The van der Waals surface area contributed by atoms with Crippen LogP contribution in [0.5, 0.6) is 0 Å². The van der Waals surface area contributed by atoms with Gasteiger partial charge in [-0.1, -0.05) is 24.3 Å². The number of hydrogen-bond donors (Lipinski definition) is 2. The molecule has 0 heterocycles. The molecule has 7 heteroatoms. The minimum atomic E-state index is -1.04. The van der Waals surface area contributed by atoms with Crippen LogP contribution in [0.1, 0.15) is 30.5 Å². The normalized spacial score (nSPS) is 11.5. The largest absolute Gasteiger partial charge is 0.479 e. The number of amides is 1. The van der Waals surface area contributed by atoms with Crippen molar-refractivity contribution < 1.29 is 24.2 Å². The average Bonchev–Trinajstić information content (AvgIpc) is 2.67. The fourth-order valence-corrected chi connectivity index (χ4v) is 2.54. The van der Waals surface area contributed by atoms with Crippen LogP contribution in [0.3, 0.4) is 0 Å². The van der Waals surface area contributed by atoms with E-state index in [9.17, 15) is 14.7 Å². The third-order valence-corrected chi connectivity index (χ3v) is 3.85. The molecule has 0 fully saturated rings. The Morgan fingerprint density at radius 1 is 1.11 bits per heavy atom. The first-order valence-electron chi connectivity index (χ1n) is 8.78. The van der Waals surface area contributed by atoms with E-state index in [4.69, 9.17) is 14.7 Å². The maximum Gasteiger partial charge on any atom is 0.411 e. The van der Waals surface area contributed by atoms with Gasteiger partial charge in [0.15, 0.2) is 6.10 Å². The molecule has 0 aliphatic carbocycles. The van der Waals surface area contributed by atoms with Crippen molar-refractivity contribution in [1.82, 2.24) is 0 Å². The lowest BCUT2D eigenvalue weighted by molar-refractivity contribution is -0.153. The molecule has 0 aromatic heterocycles. The molecule has 2 aromatic carbocycles. The number of nitrogens with one attached hydrogen (secondary N) is 1. The maximum atomic E-state index is 12.0. The van der Waals surface area contributed by atoms with Crippen LogP contribution in [0.25, 0.3) is 0 Å². The number of benzene rings is 2. The van der Waals surface area contributed by atoms with Gasteiger partial charge in [0.05, 0.1) is 17.7 Å². The molecule has 1 unspecified atom stereocenters. The minimum Gasteiger partial charge on any atom is -0.479 e. The SMILES string of the molecule is CC(C)OC(Cc1ccccc1COC(=O)Nc1ccc(C#N)cc1)C(=O)O. The van der Waals surface area contributed by atoms with Crippen molar-refractivity contribution in [1.29, 1.82) is 5.26 Å². The number of nitrogens with zero attached hydrogens (tertiary/aromatic N) is 1. The summed E-state index contributed by atoms with van der Waals surface area (Å²) >= 11 is 0. The van der Waals surface area contributed by atoms with Crippen LogP contribution in [0.15, 0.2) is 48.5 Å². The van der Waals surface area contributed by atoms with Crippen molar-refractivity contribution in [2.24, 2.45) is 0 Å². The van der Waals surface area contributed by atoms with Crippen molar-refractivity contribution >= 4 is 17.7 Å². The number of carbonyl (C=O) groups is 2. The van der Waals surface area contributed by atoms with E-state index in [0.717, 1.165) is 5.56 Å². The van der Waals surface area contributed by atoms with E-state index in [-0.39, 0.29) is 19.1 Å². The van der Waals surface area contributed by atoms with Gasteiger partial charge >= 0.3 is 12.1 Å². The molecular formula is C21H22N2O5. The number of anilines is 1. The third-order valence-electron chi connectivity index (χ3n) is 3.85. The highest BCUT2D eigenvalue weighted by Gasteiger charge is 2.21. The Balaban J connectivity index is 1.99. The van der Waals surface area contributed by atoms with Gasteiger partial charge in [-0.25, -0.2) is 9.59 Å². The molecule has 0 radical (unpaired) electrons. The van der Waals surface area contributed by atoms with E-state index in [1.807, 2.05) is 6.07 Å². The first kappa shape index (κ1) is 20.9. The van der Waals surface area contributed by atoms with Crippen LogP contribution in [0.2, 0.25) is 0 Å². The van der Waals surface area contributed by atoms with E-state index in [1.54, 1.807) is 62.4 Å². The molecule has 28 heavy (non-hydrogen) atoms. The zero-order valence-electron chi connectivity index (χ0n) is 15.7. The second-order valence-corrected chi connectivity index (χ2v) is 6.37. The fraction of sp³-hybridized carbons (Fsp3) is 0.286. The van der Waals surface area contributed by atoms with Crippen molar-refractivity contribution in [3.63, 3.8) is 0 Å². The number of hydrogen-bond acceptors (Lipinski definition) is 5. The molecule has 1 atom stereocenters. The zero-order chi connectivity index (χ0) is 20.5. The smallest absolute Gasteiger partial charge is 0.411 e. The number of carboxylic acid groups (broad SMARTS) is 1. The molecule has 2 N–H and O–H groups in total. The van der Waals surface area contributed by atoms with Crippen LogP contribution in [-0.2, 0) is 27.3 Å². The highest BCUT2D eigenvalue weighted by Crippen LogP contribution is 2.16. The van der Waals surface area contributed by atoms with E-state index >= 15 is 0 Å². The standard InChI is InChI=1S/C21H22N2O5/c1-14(2)28-19(20(24)25)11-16-5-3-4-6-17(16)13-27-21(26)23-18-9-7-15(12-22)8-10-18/h3-10,14,19H,11,13H2,1-2H3,(H,23,26)(H,24,25). The second kappa shape index (κ2) is 10.1. The number of aliphatic carboxylic acids is 1. The van der Waals surface area contributed by atoms with Gasteiger partial charge in [-0.05, 0) is 49.2 Å². The molecular weight excluding hydrogens is 360 g/mol. The lowest BCUT2D eigenvalue weighted by Gasteiger charge is -2.18. The molecule has 0 aliphatic heterocycles. The summed E-state index contributed by atoms with van der Waals surface area (Å²) in [6, 6.07) is 15.5. The van der Waals surface area contributed by atoms with Crippen molar-refractivity contribution in [2.45, 2.75) is 39.1 Å². The highest BCUT2D eigenvalue weighted by atomic mass is 16.5. The summed E-state index contributed by atoms with van der Waals surface area (Å²) in [6.07, 6.45) is -1.67. The number of carboxylic acids is 1. The highest BCUT2D eigenvalue weighted by molar-refractivity contribution is 5.84. The summed E-state index contributed by atoms with van der Waals surface area (Å²) in [7, 11) is 0. The van der Waals surface area contributed by atoms with Gasteiger partial charge in [-0.3, -0.25) is 5.32 Å². The first-order chi connectivity index (χ1) is 13.4. The molecule has 2 aromatic rings. The number of carbonyl (C=O) groups excluding carboxylic acids is 1. The number of nitriles is 1. The van der Waals surface area contributed by atoms with Gasteiger partial charge in [-0.15, -0.1) is 0 Å². The van der Waals surface area contributed by atoms with Crippen LogP contribution >= 0.6 is 0 Å². The summed E-state index contributed by atoms with van der Waals surface area (Å²) in [6.45, 7) is 3.54. The Morgan fingerprint density at radius 2 is 1.75 bits per heavy atom. The third kappa shape index (κ3) is 6.41. The van der Waals surface area contributed by atoms with E-state index in [0.29, 0.717) is 16.8 Å². The number of rotatable bonds is 8. The Morgan fingerprint density at radius 3 is 2.32 bits per heavy atom. The molecule has 0 bridgehead atoms. The van der Waals surface area contributed by atoms with Gasteiger partial charge in [-0.2, -0.15) is 5.26 Å². The fourth-order valence-electron chi connectivity index (χ4n) is 2.54. The molecule has 2 rings (SSSR count). The maximum absolute atomic E-state index is 12.0. The Bertz CT molecular complexity index is 856. The van der Waals surface area contributed by atoms with Crippen molar-refractivity contribution in [3.05, 3.63) is 65.2 Å². The molecule has 0 aliphatic rings. The predicted molar refractivity (Wildman–Crippen MR) is 103 cm³/mol. The summed E-state index contributed by atoms with van der Waals surface area (Å²) in [5.74, 6) is -1.04. The van der Waals surface area contributed by atoms with E-state index in [2.05, 4.69) is 5.32 Å². The van der Waals surface area contributed by atoms with E-state index < -0.39 is 18.2 Å². The summed E-state index contributed by atoms with van der Waals surface area (Å²) in [5, 5.41) is 20.7. The van der Waals surface area contributed by atoms with E-state index in [1.165, 1.54) is 0 Å². The Kier molecular flexibility index (Phi) is 7.55. The van der Waals surface area contributed by atoms with Gasteiger partial charge in [0.1, 0.15) is 6.61 Å². The van der Waals surface area contributed by atoms with Crippen LogP contribution in [0, 0.1) is 11.3 Å². The molecule has 146 valence electrons. The van der Waals surface area contributed by atoms with Crippen LogP contribution in [-0.4, -0.2) is 29.4 Å². The predicted octanol–water partition coefficient (Wildman–Crippen LogP) is 3.73. The van der Waals surface area contributed by atoms with Gasteiger partial charge in [0.25, 0.3) is 0 Å². The Labute approximate surface area is 163 Å². The zero-order valence-corrected chi connectivity index (χ0v) is 15.7. The lowest BCUT2D eigenvalue weighted by atomic mass is 10.0. The molecule has 0 spiro atoms. The average molecular weight is 382 g/mol. The molecule has 0 saturated carbocycles. The topological polar surface area (TPSA) is 109 Å². The Hall–Kier alpha value is -3.37. The molecule has 7 nitrogen and oxygen atoms in total. The summed E-state index contributed by atoms with van der Waals surface area (Å²) in [5.41, 5.74) is 2.44. The minimum absolute atomic E-state index is 0.00764. The van der Waals surface area contributed by atoms with Gasteiger partial charge in [0, 0.05) is 12.1 Å². The van der Waals surface area contributed by atoms with Crippen molar-refractivity contribution in [3.8, 4) is 6.07 Å². The van der Waals surface area contributed by atoms with Crippen LogP contribution in [0.4, 0.5) is 10.5 Å². The van der Waals surface area contributed by atoms with Crippen LogP contribution < -0.4 is 5.32 Å². The lowest BCUT2D eigenvalue weighted by Crippen LogP contribution is -2.29. The van der Waals surface area contributed by atoms with Crippen molar-refractivity contribution in [2.75, 3.05) is 5.32 Å². The summed E-state index contributed by atoms with van der Waals surface area (Å²) < 4.78 is 10.7. The molecule has 0 saturated heterocycles. The molecule has 1 amide bonds.